The lowest BCUT2D eigenvalue weighted by Crippen LogP contribution is -2.13. The molecule has 0 aliphatic carbocycles. The number of thioether (sulfide) groups is 1. The maximum atomic E-state index is 11.2. The Morgan fingerprint density at radius 2 is 2.25 bits per heavy atom. The fraction of sp³-hybridized carbons (Fsp3) is 0.333. The van der Waals surface area contributed by atoms with E-state index in [-0.39, 0.29) is 12.5 Å². The van der Waals surface area contributed by atoms with Crippen LogP contribution >= 0.6 is 11.8 Å². The first-order valence-electron chi connectivity index (χ1n) is 5.81. The Balaban J connectivity index is 2.00. The van der Waals surface area contributed by atoms with E-state index in [0.717, 1.165) is 11.3 Å². The normalized spacial score (nSPS) is 10.3. The Hall–Kier alpha value is -2.09. The van der Waals surface area contributed by atoms with Gasteiger partial charge in [0.15, 0.2) is 0 Å². The number of carbonyl (C=O) groups is 1. The van der Waals surface area contributed by atoms with Crippen LogP contribution in [0.5, 0.6) is 5.75 Å². The number of nitrogens with zero attached hydrogens (tertiary/aromatic N) is 4. The van der Waals surface area contributed by atoms with E-state index >= 15 is 0 Å². The molecule has 1 aromatic heterocycles. The molecular formula is C12H14N4O3S. The summed E-state index contributed by atoms with van der Waals surface area (Å²) in [5.41, 5.74) is 1.09. The molecular weight excluding hydrogens is 280 g/mol. The van der Waals surface area contributed by atoms with Crippen molar-refractivity contribution < 1.29 is 14.3 Å². The number of aromatic nitrogens is 4. The molecule has 0 radical (unpaired) electrons. The average molecular weight is 294 g/mol. The van der Waals surface area contributed by atoms with Gasteiger partial charge in [-0.05, 0) is 28.1 Å². The molecule has 2 rings (SSSR count). The lowest BCUT2D eigenvalue weighted by Gasteiger charge is -2.05. The lowest BCUT2D eigenvalue weighted by molar-refractivity contribution is -0.141. The van der Waals surface area contributed by atoms with Gasteiger partial charge in [-0.3, -0.25) is 4.79 Å². The van der Waals surface area contributed by atoms with Crippen molar-refractivity contribution in [1.29, 1.82) is 0 Å². The van der Waals surface area contributed by atoms with E-state index in [1.807, 2.05) is 24.3 Å². The van der Waals surface area contributed by atoms with Gasteiger partial charge in [0.05, 0.1) is 14.2 Å². The van der Waals surface area contributed by atoms with E-state index in [9.17, 15) is 4.79 Å². The number of methoxy groups -OCH3 is 2. The number of benzene rings is 1. The van der Waals surface area contributed by atoms with Crippen LogP contribution in [0, 0.1) is 0 Å². The summed E-state index contributed by atoms with van der Waals surface area (Å²) in [5, 5.41) is 11.8. The van der Waals surface area contributed by atoms with Gasteiger partial charge in [0.1, 0.15) is 12.3 Å². The Bertz CT molecular complexity index is 588. The molecule has 0 saturated carbocycles. The minimum atomic E-state index is -0.388. The molecule has 7 nitrogen and oxygen atoms in total. The third-order valence-electron chi connectivity index (χ3n) is 2.51. The summed E-state index contributed by atoms with van der Waals surface area (Å²) in [6.45, 7) is 0.00391. The topological polar surface area (TPSA) is 79.1 Å². The van der Waals surface area contributed by atoms with Crippen molar-refractivity contribution in [3.8, 4) is 5.75 Å². The molecule has 0 fully saturated rings. The van der Waals surface area contributed by atoms with Gasteiger partial charge >= 0.3 is 5.97 Å². The maximum Gasteiger partial charge on any atom is 0.327 e. The van der Waals surface area contributed by atoms with Crippen LogP contribution in [0.4, 0.5) is 0 Å². The van der Waals surface area contributed by atoms with Crippen molar-refractivity contribution in [1.82, 2.24) is 20.2 Å². The van der Waals surface area contributed by atoms with Crippen LogP contribution < -0.4 is 4.74 Å². The maximum absolute atomic E-state index is 11.2. The van der Waals surface area contributed by atoms with Crippen molar-refractivity contribution in [2.45, 2.75) is 17.5 Å². The number of carbonyl (C=O) groups excluding carboxylic acids is 1. The van der Waals surface area contributed by atoms with Gasteiger partial charge in [0.2, 0.25) is 5.16 Å². The van der Waals surface area contributed by atoms with Crippen molar-refractivity contribution in [3.05, 3.63) is 29.8 Å². The average Bonchev–Trinajstić information content (AvgIpc) is 2.92. The monoisotopic (exact) mass is 294 g/mol. The molecule has 106 valence electrons. The molecule has 0 aliphatic rings. The number of ether oxygens (including phenoxy) is 2. The highest BCUT2D eigenvalue weighted by atomic mass is 32.2. The highest BCUT2D eigenvalue weighted by molar-refractivity contribution is 7.98. The summed E-state index contributed by atoms with van der Waals surface area (Å²) in [6.07, 6.45) is 0. The highest BCUT2D eigenvalue weighted by Crippen LogP contribution is 2.22. The molecule has 0 aliphatic heterocycles. The molecule has 20 heavy (non-hydrogen) atoms. The molecule has 8 heteroatoms. The molecule has 0 spiro atoms. The van der Waals surface area contributed by atoms with E-state index < -0.39 is 0 Å². The van der Waals surface area contributed by atoms with E-state index in [1.165, 1.54) is 23.6 Å². The highest BCUT2D eigenvalue weighted by Gasteiger charge is 2.11. The molecule has 1 heterocycles. The van der Waals surface area contributed by atoms with Crippen LogP contribution in [-0.4, -0.2) is 40.4 Å². The first-order chi connectivity index (χ1) is 9.72. The first-order valence-corrected chi connectivity index (χ1v) is 6.80. The van der Waals surface area contributed by atoms with E-state index in [1.54, 1.807) is 7.11 Å². The van der Waals surface area contributed by atoms with Gasteiger partial charge < -0.3 is 9.47 Å². The predicted octanol–water partition coefficient (Wildman–Crippen LogP) is 1.15. The van der Waals surface area contributed by atoms with Crippen LogP contribution in [0.25, 0.3) is 0 Å². The lowest BCUT2D eigenvalue weighted by atomic mass is 10.2. The Morgan fingerprint density at radius 1 is 1.40 bits per heavy atom. The van der Waals surface area contributed by atoms with Crippen LogP contribution in [-0.2, 0) is 21.8 Å². The molecule has 2 aromatic rings. The minimum absolute atomic E-state index is 0.00391. The van der Waals surface area contributed by atoms with Gasteiger partial charge in [-0.1, -0.05) is 23.9 Å². The standard InChI is InChI=1S/C12H14N4O3S/c1-18-10-5-3-4-9(6-10)8-20-12-13-14-15-16(12)7-11(17)19-2/h3-6H,7-8H2,1-2H3. The summed E-state index contributed by atoms with van der Waals surface area (Å²) >= 11 is 1.44. The van der Waals surface area contributed by atoms with Crippen LogP contribution in [0.3, 0.4) is 0 Å². The second-order valence-corrected chi connectivity index (χ2v) is 4.78. The number of hydrogen-bond donors (Lipinski definition) is 0. The molecule has 1 aromatic carbocycles. The van der Waals surface area contributed by atoms with Crippen molar-refractivity contribution >= 4 is 17.7 Å². The first kappa shape index (κ1) is 14.3. The van der Waals surface area contributed by atoms with Gasteiger partial charge in [-0.25, -0.2) is 4.68 Å². The van der Waals surface area contributed by atoms with Crippen molar-refractivity contribution in [2.75, 3.05) is 14.2 Å². The van der Waals surface area contributed by atoms with Crippen molar-refractivity contribution in [2.24, 2.45) is 0 Å². The zero-order chi connectivity index (χ0) is 14.4. The Labute approximate surface area is 120 Å². The predicted molar refractivity (Wildman–Crippen MR) is 72.4 cm³/mol. The van der Waals surface area contributed by atoms with Gasteiger partial charge in [-0.2, -0.15) is 0 Å². The molecule has 0 atom stereocenters. The number of hydrogen-bond acceptors (Lipinski definition) is 7. The van der Waals surface area contributed by atoms with Gasteiger partial charge in [0.25, 0.3) is 0 Å². The van der Waals surface area contributed by atoms with Crippen LogP contribution in [0.2, 0.25) is 0 Å². The van der Waals surface area contributed by atoms with Crippen LogP contribution in [0.1, 0.15) is 5.56 Å². The summed E-state index contributed by atoms with van der Waals surface area (Å²) in [7, 11) is 2.96. The Morgan fingerprint density at radius 3 is 3.00 bits per heavy atom. The fourth-order valence-corrected chi connectivity index (χ4v) is 2.32. The zero-order valence-corrected chi connectivity index (χ0v) is 12.0. The molecule has 0 N–H and O–H groups in total. The summed E-state index contributed by atoms with van der Waals surface area (Å²) in [4.78, 5) is 11.2. The second kappa shape index (κ2) is 6.90. The summed E-state index contributed by atoms with van der Waals surface area (Å²) in [5.74, 6) is 1.09. The molecule has 0 bridgehead atoms. The zero-order valence-electron chi connectivity index (χ0n) is 11.1. The number of rotatable bonds is 6. The molecule has 0 saturated heterocycles. The molecule has 0 unspecified atom stereocenters. The minimum Gasteiger partial charge on any atom is -0.497 e. The van der Waals surface area contributed by atoms with Crippen LogP contribution in [0.15, 0.2) is 29.4 Å². The van der Waals surface area contributed by atoms with E-state index in [2.05, 4.69) is 20.3 Å². The second-order valence-electron chi connectivity index (χ2n) is 3.84. The number of tetrazole rings is 1. The third-order valence-corrected chi connectivity index (χ3v) is 3.54. The third kappa shape index (κ3) is 3.70. The largest absolute Gasteiger partial charge is 0.497 e. The fourth-order valence-electron chi connectivity index (χ4n) is 1.50. The molecule has 0 amide bonds. The summed E-state index contributed by atoms with van der Waals surface area (Å²) < 4.78 is 11.2. The van der Waals surface area contributed by atoms with E-state index in [0.29, 0.717) is 10.9 Å². The smallest absolute Gasteiger partial charge is 0.327 e. The Kier molecular flexibility index (Phi) is 4.94. The summed E-state index contributed by atoms with van der Waals surface area (Å²) in [6, 6.07) is 7.74. The SMILES string of the molecule is COC(=O)Cn1nnnc1SCc1cccc(OC)c1. The van der Waals surface area contributed by atoms with E-state index in [4.69, 9.17) is 4.74 Å². The van der Waals surface area contributed by atoms with Gasteiger partial charge in [-0.15, -0.1) is 5.10 Å². The quantitative estimate of drug-likeness (QED) is 0.584. The van der Waals surface area contributed by atoms with Crippen molar-refractivity contribution in [3.63, 3.8) is 0 Å². The number of esters is 1. The van der Waals surface area contributed by atoms with Gasteiger partial charge in [0, 0.05) is 5.75 Å².